The zero-order chi connectivity index (χ0) is 18.4. The second kappa shape index (κ2) is 6.11. The fourth-order valence-electron chi connectivity index (χ4n) is 3.39. The predicted molar refractivity (Wildman–Crippen MR) is 109 cm³/mol. The van der Waals surface area contributed by atoms with Crippen LogP contribution in [-0.4, -0.2) is 15.3 Å². The van der Waals surface area contributed by atoms with Crippen molar-refractivity contribution in [1.29, 1.82) is 0 Å². The molecular formula is C22H14ClN3O. The molecule has 130 valence electrons. The molecule has 1 aliphatic rings. The van der Waals surface area contributed by atoms with E-state index >= 15 is 0 Å². The minimum Gasteiger partial charge on any atom is -0.321 e. The number of hydrogen-bond acceptors (Lipinski definition) is 2. The zero-order valence-electron chi connectivity index (χ0n) is 14.2. The third-order valence-electron chi connectivity index (χ3n) is 4.68. The molecule has 2 aromatic heterocycles. The third kappa shape index (κ3) is 2.62. The first-order valence-electron chi connectivity index (χ1n) is 8.56. The van der Waals surface area contributed by atoms with Gasteiger partial charge in [-0.2, -0.15) is 0 Å². The third-order valence-corrected chi connectivity index (χ3v) is 4.93. The van der Waals surface area contributed by atoms with Crippen LogP contribution in [0.15, 0.2) is 72.9 Å². The van der Waals surface area contributed by atoms with E-state index in [1.807, 2.05) is 83.4 Å². The molecule has 4 nitrogen and oxygen atoms in total. The summed E-state index contributed by atoms with van der Waals surface area (Å²) in [4.78, 5) is 17.3. The molecule has 2 aromatic carbocycles. The van der Waals surface area contributed by atoms with Crippen LogP contribution in [0.4, 0.5) is 5.69 Å². The normalized spacial score (nSPS) is 14.6. The lowest BCUT2D eigenvalue weighted by Gasteiger charge is -2.03. The number of carbonyl (C=O) groups excluding carboxylic acids is 1. The number of fused-ring (bicyclic) bond motifs is 2. The Morgan fingerprint density at radius 1 is 0.963 bits per heavy atom. The molecule has 0 bridgehead atoms. The number of nitrogens with zero attached hydrogens (tertiary/aromatic N) is 2. The minimum absolute atomic E-state index is 0.107. The topological polar surface area (TPSA) is 46.4 Å². The number of pyridine rings is 1. The number of benzene rings is 2. The van der Waals surface area contributed by atoms with E-state index in [1.165, 1.54) is 0 Å². The molecule has 0 spiro atoms. The van der Waals surface area contributed by atoms with Crippen LogP contribution < -0.4 is 5.32 Å². The van der Waals surface area contributed by atoms with Gasteiger partial charge in [0.1, 0.15) is 5.65 Å². The molecule has 0 fully saturated rings. The molecule has 3 heterocycles. The van der Waals surface area contributed by atoms with Gasteiger partial charge < -0.3 is 5.32 Å². The maximum absolute atomic E-state index is 12.6. The summed E-state index contributed by atoms with van der Waals surface area (Å²) in [6.07, 6.45) is 3.86. The number of amides is 1. The largest absolute Gasteiger partial charge is 0.321 e. The predicted octanol–water partition coefficient (Wildman–Crippen LogP) is 5.15. The van der Waals surface area contributed by atoms with Crippen molar-refractivity contribution in [3.8, 4) is 11.3 Å². The first-order chi connectivity index (χ1) is 13.2. The summed E-state index contributed by atoms with van der Waals surface area (Å²) in [5.41, 5.74) is 5.79. The molecule has 0 saturated heterocycles. The van der Waals surface area contributed by atoms with Crippen LogP contribution in [0.5, 0.6) is 0 Å². The highest BCUT2D eigenvalue weighted by Crippen LogP contribution is 2.35. The first-order valence-corrected chi connectivity index (χ1v) is 8.94. The van der Waals surface area contributed by atoms with E-state index < -0.39 is 0 Å². The molecule has 5 rings (SSSR count). The average Bonchev–Trinajstić information content (AvgIpc) is 3.21. The molecule has 0 unspecified atom stereocenters. The number of aromatic nitrogens is 2. The lowest BCUT2D eigenvalue weighted by Crippen LogP contribution is -2.04. The Morgan fingerprint density at radius 3 is 2.59 bits per heavy atom. The van der Waals surface area contributed by atoms with Crippen molar-refractivity contribution in [2.45, 2.75) is 0 Å². The Kier molecular flexibility index (Phi) is 3.59. The second-order valence-electron chi connectivity index (χ2n) is 6.34. The highest BCUT2D eigenvalue weighted by Gasteiger charge is 2.25. The molecule has 27 heavy (non-hydrogen) atoms. The number of anilines is 1. The fraction of sp³-hybridized carbons (Fsp3) is 0. The lowest BCUT2D eigenvalue weighted by molar-refractivity contribution is -0.110. The van der Waals surface area contributed by atoms with Crippen LogP contribution in [0.1, 0.15) is 11.3 Å². The maximum atomic E-state index is 12.6. The summed E-state index contributed by atoms with van der Waals surface area (Å²) < 4.78 is 1.99. The van der Waals surface area contributed by atoms with E-state index in [2.05, 4.69) is 5.32 Å². The van der Waals surface area contributed by atoms with Gasteiger partial charge in [-0.15, -0.1) is 0 Å². The maximum Gasteiger partial charge on any atom is 0.256 e. The fourth-order valence-corrected chi connectivity index (χ4v) is 3.52. The van der Waals surface area contributed by atoms with Crippen molar-refractivity contribution in [3.63, 3.8) is 0 Å². The van der Waals surface area contributed by atoms with Crippen molar-refractivity contribution in [2.75, 3.05) is 5.32 Å². The smallest absolute Gasteiger partial charge is 0.256 e. The number of para-hydroxylation sites is 1. The van der Waals surface area contributed by atoms with Crippen LogP contribution in [0, 0.1) is 0 Å². The Bertz CT molecular complexity index is 1220. The van der Waals surface area contributed by atoms with Crippen molar-refractivity contribution >= 4 is 40.5 Å². The molecule has 0 aliphatic carbocycles. The van der Waals surface area contributed by atoms with Gasteiger partial charge in [-0.25, -0.2) is 4.98 Å². The van der Waals surface area contributed by atoms with Gasteiger partial charge in [0.2, 0.25) is 0 Å². The summed E-state index contributed by atoms with van der Waals surface area (Å²) in [5, 5.41) is 3.59. The molecular weight excluding hydrogens is 358 g/mol. The quantitative estimate of drug-likeness (QED) is 0.495. The summed E-state index contributed by atoms with van der Waals surface area (Å²) in [6, 6.07) is 21.1. The van der Waals surface area contributed by atoms with Crippen LogP contribution in [0.3, 0.4) is 0 Å². The first kappa shape index (κ1) is 15.9. The number of halogens is 1. The summed E-state index contributed by atoms with van der Waals surface area (Å²) in [7, 11) is 0. The Hall–Kier alpha value is -3.37. The van der Waals surface area contributed by atoms with Crippen LogP contribution in [-0.2, 0) is 4.79 Å². The summed E-state index contributed by atoms with van der Waals surface area (Å²) in [6.45, 7) is 0. The lowest BCUT2D eigenvalue weighted by atomic mass is 10.0. The molecule has 0 radical (unpaired) electrons. The number of hydrogen-bond donors (Lipinski definition) is 1. The number of rotatable bonds is 2. The van der Waals surface area contributed by atoms with E-state index in [0.29, 0.717) is 10.6 Å². The monoisotopic (exact) mass is 371 g/mol. The van der Waals surface area contributed by atoms with Gasteiger partial charge in [0.15, 0.2) is 0 Å². The molecule has 1 N–H and O–H groups in total. The van der Waals surface area contributed by atoms with E-state index in [-0.39, 0.29) is 5.91 Å². The van der Waals surface area contributed by atoms with Gasteiger partial charge in [-0.1, -0.05) is 48.0 Å². The number of nitrogens with one attached hydrogen (secondary N) is 1. The summed E-state index contributed by atoms with van der Waals surface area (Å²) >= 11 is 6.04. The van der Waals surface area contributed by atoms with Crippen LogP contribution >= 0.6 is 11.6 Å². The van der Waals surface area contributed by atoms with Gasteiger partial charge in [0.25, 0.3) is 5.91 Å². The number of imidazole rings is 1. The average molecular weight is 372 g/mol. The van der Waals surface area contributed by atoms with Crippen LogP contribution in [0.2, 0.25) is 5.02 Å². The minimum atomic E-state index is -0.107. The van der Waals surface area contributed by atoms with Gasteiger partial charge >= 0.3 is 0 Å². The van der Waals surface area contributed by atoms with E-state index in [9.17, 15) is 4.79 Å². The molecule has 4 aromatic rings. The van der Waals surface area contributed by atoms with Crippen molar-refractivity contribution in [1.82, 2.24) is 9.38 Å². The highest BCUT2D eigenvalue weighted by molar-refractivity contribution is 6.35. The Balaban J connectivity index is 1.77. The molecule has 5 heteroatoms. The molecule has 1 amide bonds. The number of carbonyl (C=O) groups is 1. The van der Waals surface area contributed by atoms with Crippen molar-refractivity contribution in [3.05, 3.63) is 89.2 Å². The standard InChI is InChI=1S/C22H14ClN3O/c23-15-10-8-14(9-11-15)21-19(26-12-4-3-7-20(26)25-21)13-17-16-5-1-2-6-18(16)24-22(17)27/h1-13H,(H,24,27)/b17-13+. The van der Waals surface area contributed by atoms with Crippen LogP contribution in [0.25, 0.3) is 28.6 Å². The van der Waals surface area contributed by atoms with Crippen molar-refractivity contribution < 1.29 is 4.79 Å². The Morgan fingerprint density at radius 2 is 1.74 bits per heavy atom. The zero-order valence-corrected chi connectivity index (χ0v) is 14.9. The van der Waals surface area contributed by atoms with Gasteiger partial charge in [-0.05, 0) is 36.4 Å². The summed E-state index contributed by atoms with van der Waals surface area (Å²) in [5.74, 6) is -0.107. The van der Waals surface area contributed by atoms with Gasteiger partial charge in [0, 0.05) is 28.0 Å². The molecule has 1 aliphatic heterocycles. The molecule has 0 saturated carbocycles. The highest BCUT2D eigenvalue weighted by atomic mass is 35.5. The van der Waals surface area contributed by atoms with E-state index in [1.54, 1.807) is 0 Å². The van der Waals surface area contributed by atoms with Crippen molar-refractivity contribution in [2.24, 2.45) is 0 Å². The van der Waals surface area contributed by atoms with E-state index in [4.69, 9.17) is 16.6 Å². The SMILES string of the molecule is O=C1Nc2ccccc2/C1=C\c1c(-c2ccc(Cl)cc2)nc2ccccn12. The Labute approximate surface area is 160 Å². The van der Waals surface area contributed by atoms with E-state index in [0.717, 1.165) is 33.8 Å². The van der Waals surface area contributed by atoms with Gasteiger partial charge in [0.05, 0.1) is 17.0 Å². The molecule has 0 atom stereocenters. The van der Waals surface area contributed by atoms with Gasteiger partial charge in [-0.3, -0.25) is 9.20 Å². The second-order valence-corrected chi connectivity index (χ2v) is 6.78.